The van der Waals surface area contributed by atoms with E-state index in [2.05, 4.69) is 47.3 Å². The lowest BCUT2D eigenvalue weighted by Gasteiger charge is -2.05. The van der Waals surface area contributed by atoms with Gasteiger partial charge in [-0.15, -0.1) is 22.7 Å². The molecule has 0 saturated carbocycles. The molecular formula is C14H14ClN3S2. The summed E-state index contributed by atoms with van der Waals surface area (Å²) in [6.45, 7) is 5.00. The highest BCUT2D eigenvalue weighted by Crippen LogP contribution is 2.30. The highest BCUT2D eigenvalue weighted by atomic mass is 35.5. The number of fused-ring (bicyclic) bond motifs is 1. The van der Waals surface area contributed by atoms with Gasteiger partial charge in [-0.2, -0.15) is 0 Å². The Balaban J connectivity index is 1.86. The monoisotopic (exact) mass is 323 g/mol. The van der Waals surface area contributed by atoms with Crippen molar-refractivity contribution >= 4 is 50.3 Å². The topological polar surface area (TPSA) is 37.8 Å². The zero-order valence-electron chi connectivity index (χ0n) is 11.2. The summed E-state index contributed by atoms with van der Waals surface area (Å²) in [5.74, 6) is 0.816. The molecule has 0 bridgehead atoms. The van der Waals surface area contributed by atoms with Crippen LogP contribution >= 0.6 is 34.3 Å². The molecule has 1 N–H and O–H groups in total. The summed E-state index contributed by atoms with van der Waals surface area (Å²) in [6, 6.07) is 6.44. The van der Waals surface area contributed by atoms with Gasteiger partial charge in [-0.1, -0.05) is 6.92 Å². The number of hydrogen-bond donors (Lipinski definition) is 1. The first-order valence-electron chi connectivity index (χ1n) is 6.41. The number of nitrogens with one attached hydrogen (secondary N) is 1. The lowest BCUT2D eigenvalue weighted by molar-refractivity contribution is 1.13. The molecule has 3 aromatic rings. The second-order valence-electron chi connectivity index (χ2n) is 4.49. The van der Waals surface area contributed by atoms with Crippen LogP contribution in [0, 0.1) is 6.92 Å². The fourth-order valence-corrected chi connectivity index (χ4v) is 4.03. The Labute approximate surface area is 130 Å². The van der Waals surface area contributed by atoms with Crippen molar-refractivity contribution in [1.82, 2.24) is 9.97 Å². The molecule has 3 rings (SSSR count). The number of rotatable bonds is 4. The number of aryl methyl sites for hydroxylation is 2. The molecule has 0 aliphatic rings. The minimum atomic E-state index is 0.294. The van der Waals surface area contributed by atoms with E-state index < -0.39 is 0 Å². The van der Waals surface area contributed by atoms with E-state index >= 15 is 0 Å². The third-order valence-corrected chi connectivity index (χ3v) is 5.33. The average molecular weight is 324 g/mol. The van der Waals surface area contributed by atoms with Gasteiger partial charge in [0.1, 0.15) is 10.6 Å². The Bertz CT molecular complexity index is 748. The van der Waals surface area contributed by atoms with Gasteiger partial charge < -0.3 is 5.32 Å². The van der Waals surface area contributed by atoms with Crippen LogP contribution in [-0.2, 0) is 13.0 Å². The van der Waals surface area contributed by atoms with Crippen LogP contribution in [0.4, 0.5) is 5.82 Å². The van der Waals surface area contributed by atoms with Crippen LogP contribution in [0.15, 0.2) is 18.2 Å². The minimum absolute atomic E-state index is 0.294. The van der Waals surface area contributed by atoms with Crippen LogP contribution in [0.3, 0.4) is 0 Å². The zero-order chi connectivity index (χ0) is 14.1. The normalized spacial score (nSPS) is 11.2. The first-order valence-corrected chi connectivity index (χ1v) is 8.42. The predicted molar refractivity (Wildman–Crippen MR) is 88.2 cm³/mol. The van der Waals surface area contributed by atoms with E-state index in [1.165, 1.54) is 14.6 Å². The Kier molecular flexibility index (Phi) is 3.92. The third kappa shape index (κ3) is 2.80. The maximum atomic E-state index is 5.99. The Hall–Kier alpha value is -1.17. The fourth-order valence-electron chi connectivity index (χ4n) is 2.03. The van der Waals surface area contributed by atoms with Gasteiger partial charge in [0.15, 0.2) is 0 Å². The molecular weight excluding hydrogens is 310 g/mol. The highest BCUT2D eigenvalue weighted by Gasteiger charge is 2.10. The van der Waals surface area contributed by atoms with Crippen LogP contribution < -0.4 is 5.32 Å². The van der Waals surface area contributed by atoms with Crippen LogP contribution in [0.5, 0.6) is 0 Å². The lowest BCUT2D eigenvalue weighted by Crippen LogP contribution is -2.01. The summed E-state index contributed by atoms with van der Waals surface area (Å²) in [4.78, 5) is 13.4. The van der Waals surface area contributed by atoms with Crippen molar-refractivity contribution in [1.29, 1.82) is 0 Å². The van der Waals surface area contributed by atoms with E-state index in [4.69, 9.17) is 11.6 Å². The van der Waals surface area contributed by atoms with Gasteiger partial charge in [-0.05, 0) is 43.1 Å². The number of anilines is 1. The molecule has 0 spiro atoms. The summed E-state index contributed by atoms with van der Waals surface area (Å²) >= 11 is 9.46. The van der Waals surface area contributed by atoms with E-state index in [-0.39, 0.29) is 0 Å². The van der Waals surface area contributed by atoms with Gasteiger partial charge >= 0.3 is 0 Å². The van der Waals surface area contributed by atoms with Crippen molar-refractivity contribution < 1.29 is 0 Å². The first-order chi connectivity index (χ1) is 9.65. The van der Waals surface area contributed by atoms with Crippen molar-refractivity contribution in [3.05, 3.63) is 38.1 Å². The van der Waals surface area contributed by atoms with Gasteiger partial charge in [0.25, 0.3) is 0 Å². The summed E-state index contributed by atoms with van der Waals surface area (Å²) in [6.07, 6.45) is 1.08. The lowest BCUT2D eigenvalue weighted by atomic mass is 10.3. The summed E-state index contributed by atoms with van der Waals surface area (Å²) < 4.78 is 0. The summed E-state index contributed by atoms with van der Waals surface area (Å²) in [7, 11) is 0. The second kappa shape index (κ2) is 5.68. The quantitative estimate of drug-likeness (QED) is 0.695. The molecule has 0 radical (unpaired) electrons. The average Bonchev–Trinajstić information content (AvgIpc) is 3.01. The molecule has 3 nitrogen and oxygen atoms in total. The fraction of sp³-hybridized carbons (Fsp3) is 0.286. The maximum absolute atomic E-state index is 5.99. The molecule has 6 heteroatoms. The van der Waals surface area contributed by atoms with Gasteiger partial charge in [0, 0.05) is 14.6 Å². The van der Waals surface area contributed by atoms with Crippen molar-refractivity contribution in [2.24, 2.45) is 0 Å². The molecule has 0 aliphatic heterocycles. The largest absolute Gasteiger partial charge is 0.364 e. The standard InChI is InChI=1S/C14H14ClN3S2/c1-3-9-4-5-10(20-9)7-16-12-11-6-8(2)19-13(11)18-14(15)17-12/h4-6H,3,7H2,1-2H3,(H,16,17,18). The number of hydrogen-bond acceptors (Lipinski definition) is 5. The van der Waals surface area contributed by atoms with E-state index in [1.807, 2.05) is 11.3 Å². The van der Waals surface area contributed by atoms with Crippen LogP contribution in [0.2, 0.25) is 5.28 Å². The number of thiophene rings is 2. The van der Waals surface area contributed by atoms with E-state index in [0.717, 1.165) is 29.0 Å². The number of halogens is 1. The Morgan fingerprint density at radius 3 is 2.75 bits per heavy atom. The smallest absolute Gasteiger partial charge is 0.225 e. The number of aromatic nitrogens is 2. The molecule has 0 aliphatic carbocycles. The number of nitrogens with zero attached hydrogens (tertiary/aromatic N) is 2. The molecule has 0 fully saturated rings. The van der Waals surface area contributed by atoms with Crippen molar-refractivity contribution in [3.63, 3.8) is 0 Å². The molecule has 0 amide bonds. The van der Waals surface area contributed by atoms with Crippen LogP contribution in [0.25, 0.3) is 10.2 Å². The molecule has 3 aromatic heterocycles. The molecule has 3 heterocycles. The highest BCUT2D eigenvalue weighted by molar-refractivity contribution is 7.18. The van der Waals surface area contributed by atoms with Gasteiger partial charge in [-0.3, -0.25) is 0 Å². The van der Waals surface area contributed by atoms with Gasteiger partial charge in [-0.25, -0.2) is 9.97 Å². The SMILES string of the molecule is CCc1ccc(CNc2nc(Cl)nc3sc(C)cc23)s1. The van der Waals surface area contributed by atoms with Gasteiger partial charge in [0.2, 0.25) is 5.28 Å². The maximum Gasteiger partial charge on any atom is 0.225 e. The third-order valence-electron chi connectivity index (χ3n) is 2.98. The predicted octanol–water partition coefficient (Wildman–Crippen LogP) is 4.89. The molecule has 20 heavy (non-hydrogen) atoms. The van der Waals surface area contributed by atoms with Crippen LogP contribution in [0.1, 0.15) is 21.6 Å². The van der Waals surface area contributed by atoms with Crippen molar-refractivity contribution in [2.45, 2.75) is 26.8 Å². The molecule has 0 aromatic carbocycles. The van der Waals surface area contributed by atoms with Crippen LogP contribution in [-0.4, -0.2) is 9.97 Å². The minimum Gasteiger partial charge on any atom is -0.364 e. The molecule has 0 unspecified atom stereocenters. The second-order valence-corrected chi connectivity index (χ2v) is 7.32. The molecule has 104 valence electrons. The summed E-state index contributed by atoms with van der Waals surface area (Å²) in [5.41, 5.74) is 0. The molecule has 0 atom stereocenters. The van der Waals surface area contributed by atoms with E-state index in [1.54, 1.807) is 11.3 Å². The summed E-state index contributed by atoms with van der Waals surface area (Å²) in [5, 5.41) is 4.72. The van der Waals surface area contributed by atoms with E-state index in [0.29, 0.717) is 5.28 Å². The van der Waals surface area contributed by atoms with Crippen molar-refractivity contribution in [2.75, 3.05) is 5.32 Å². The molecule has 0 saturated heterocycles. The van der Waals surface area contributed by atoms with Gasteiger partial charge in [0.05, 0.1) is 11.9 Å². The zero-order valence-corrected chi connectivity index (χ0v) is 13.6. The first kappa shape index (κ1) is 13.8. The van der Waals surface area contributed by atoms with E-state index in [9.17, 15) is 0 Å². The Morgan fingerprint density at radius 1 is 1.20 bits per heavy atom. The van der Waals surface area contributed by atoms with Crippen molar-refractivity contribution in [3.8, 4) is 0 Å². The Morgan fingerprint density at radius 2 is 2.00 bits per heavy atom.